The molecule has 3 amide bonds. The van der Waals surface area contributed by atoms with Crippen molar-refractivity contribution in [2.45, 2.75) is 33.0 Å². The number of anilines is 1. The summed E-state index contributed by atoms with van der Waals surface area (Å²) >= 11 is 0. The van der Waals surface area contributed by atoms with Gasteiger partial charge < -0.3 is 25.7 Å². The highest BCUT2D eigenvalue weighted by Gasteiger charge is 2.25. The molecule has 0 aliphatic rings. The van der Waals surface area contributed by atoms with Crippen molar-refractivity contribution in [1.82, 2.24) is 9.88 Å². The highest BCUT2D eigenvalue weighted by molar-refractivity contribution is 5.96. The van der Waals surface area contributed by atoms with Gasteiger partial charge >= 0.3 is 6.09 Å². The van der Waals surface area contributed by atoms with Crippen molar-refractivity contribution in [1.29, 1.82) is 0 Å². The maximum absolute atomic E-state index is 12.6. The minimum Gasteiger partial charge on any atom is -0.445 e. The first-order chi connectivity index (χ1) is 13.8. The van der Waals surface area contributed by atoms with Gasteiger partial charge in [0.25, 0.3) is 5.56 Å². The van der Waals surface area contributed by atoms with E-state index in [-0.39, 0.29) is 24.8 Å². The average Bonchev–Trinajstić information content (AvgIpc) is 2.67. The van der Waals surface area contributed by atoms with Crippen LogP contribution in [0.1, 0.15) is 19.4 Å². The van der Waals surface area contributed by atoms with Crippen LogP contribution in [0.25, 0.3) is 0 Å². The number of carbonyl (C=O) groups excluding carboxylic acids is 3. The Morgan fingerprint density at radius 1 is 1.10 bits per heavy atom. The lowest BCUT2D eigenvalue weighted by Crippen LogP contribution is -2.47. The van der Waals surface area contributed by atoms with E-state index in [4.69, 9.17) is 10.5 Å². The van der Waals surface area contributed by atoms with Crippen LogP contribution >= 0.6 is 0 Å². The molecule has 0 unspecified atom stereocenters. The molecule has 1 heterocycles. The molecule has 9 heteroatoms. The number of primary amides is 1. The summed E-state index contributed by atoms with van der Waals surface area (Å²) in [5.74, 6) is -1.53. The number of nitrogens with two attached hydrogens (primary N) is 1. The van der Waals surface area contributed by atoms with Crippen LogP contribution in [0.4, 0.5) is 10.5 Å². The van der Waals surface area contributed by atoms with Gasteiger partial charge in [-0.25, -0.2) is 4.79 Å². The number of carbonyl (C=O) groups is 3. The quantitative estimate of drug-likeness (QED) is 0.613. The molecule has 0 saturated carbocycles. The van der Waals surface area contributed by atoms with Gasteiger partial charge in [0.2, 0.25) is 11.8 Å². The predicted octanol–water partition coefficient (Wildman–Crippen LogP) is 1.22. The summed E-state index contributed by atoms with van der Waals surface area (Å²) in [6.45, 7) is 3.26. The number of amides is 3. The Morgan fingerprint density at radius 2 is 1.79 bits per heavy atom. The molecule has 4 N–H and O–H groups in total. The second-order valence-corrected chi connectivity index (χ2v) is 6.74. The standard InChI is InChI=1S/C20H24N4O5/c1-13(2)17(23-20(28)29-12-14-7-4-3-5-8-14)18(26)22-15-9-6-10-24(19(15)27)11-16(21)25/h3-10,13,17H,11-12H2,1-2H3,(H2,21,25)(H,22,26)(H,23,28)/t17-/m0/s1. The smallest absolute Gasteiger partial charge is 0.408 e. The summed E-state index contributed by atoms with van der Waals surface area (Å²) in [6.07, 6.45) is 0.643. The van der Waals surface area contributed by atoms with E-state index in [0.29, 0.717) is 0 Å². The third-order valence-electron chi connectivity index (χ3n) is 4.04. The topological polar surface area (TPSA) is 133 Å². The highest BCUT2D eigenvalue weighted by Crippen LogP contribution is 2.08. The minimum absolute atomic E-state index is 0.0242. The van der Waals surface area contributed by atoms with Crippen LogP contribution in [0.2, 0.25) is 0 Å². The van der Waals surface area contributed by atoms with Crippen molar-refractivity contribution in [3.05, 3.63) is 64.6 Å². The van der Waals surface area contributed by atoms with Crippen molar-refractivity contribution in [3.63, 3.8) is 0 Å². The Kier molecular flexibility index (Phi) is 7.53. The Morgan fingerprint density at radius 3 is 2.41 bits per heavy atom. The molecule has 0 saturated heterocycles. The van der Waals surface area contributed by atoms with E-state index in [9.17, 15) is 19.2 Å². The van der Waals surface area contributed by atoms with Gasteiger partial charge in [-0.3, -0.25) is 14.4 Å². The Bertz CT molecular complexity index is 924. The first-order valence-electron chi connectivity index (χ1n) is 9.03. The highest BCUT2D eigenvalue weighted by atomic mass is 16.5. The molecule has 9 nitrogen and oxygen atoms in total. The van der Waals surface area contributed by atoms with Crippen LogP contribution in [0, 0.1) is 5.92 Å². The van der Waals surface area contributed by atoms with E-state index < -0.39 is 29.5 Å². The molecule has 29 heavy (non-hydrogen) atoms. The van der Waals surface area contributed by atoms with E-state index in [2.05, 4.69) is 10.6 Å². The van der Waals surface area contributed by atoms with Gasteiger partial charge in [0.05, 0.1) is 0 Å². The zero-order valence-corrected chi connectivity index (χ0v) is 16.3. The fourth-order valence-corrected chi connectivity index (χ4v) is 2.56. The van der Waals surface area contributed by atoms with Gasteiger partial charge in [0, 0.05) is 6.20 Å². The molecule has 1 aromatic carbocycles. The molecule has 154 valence electrons. The van der Waals surface area contributed by atoms with E-state index in [1.807, 2.05) is 30.3 Å². The number of pyridine rings is 1. The molecular weight excluding hydrogens is 376 g/mol. The van der Waals surface area contributed by atoms with Crippen LogP contribution in [-0.2, 0) is 27.5 Å². The van der Waals surface area contributed by atoms with E-state index in [0.717, 1.165) is 10.1 Å². The van der Waals surface area contributed by atoms with Gasteiger partial charge in [-0.05, 0) is 23.6 Å². The lowest BCUT2D eigenvalue weighted by Gasteiger charge is -2.21. The number of rotatable bonds is 8. The number of ether oxygens (including phenoxy) is 1. The zero-order valence-electron chi connectivity index (χ0n) is 16.3. The van der Waals surface area contributed by atoms with Crippen molar-refractivity contribution < 1.29 is 19.1 Å². The zero-order chi connectivity index (χ0) is 21.4. The molecule has 1 atom stereocenters. The number of hydrogen-bond donors (Lipinski definition) is 3. The summed E-state index contributed by atoms with van der Waals surface area (Å²) < 4.78 is 6.24. The number of nitrogens with one attached hydrogen (secondary N) is 2. The Labute approximate surface area is 167 Å². The van der Waals surface area contributed by atoms with Gasteiger partial charge in [-0.2, -0.15) is 0 Å². The van der Waals surface area contributed by atoms with Gasteiger partial charge in [0.1, 0.15) is 24.9 Å². The molecule has 2 rings (SSSR count). The van der Waals surface area contributed by atoms with Crippen molar-refractivity contribution in [3.8, 4) is 0 Å². The first-order valence-corrected chi connectivity index (χ1v) is 9.03. The SMILES string of the molecule is CC(C)[C@H](NC(=O)OCc1ccccc1)C(=O)Nc1cccn(CC(N)=O)c1=O. The Balaban J connectivity index is 2.03. The third kappa shape index (κ3) is 6.49. The van der Waals surface area contributed by atoms with E-state index in [1.165, 1.54) is 18.3 Å². The molecule has 1 aromatic heterocycles. The predicted molar refractivity (Wildman–Crippen MR) is 107 cm³/mol. The largest absolute Gasteiger partial charge is 0.445 e. The summed E-state index contributed by atoms with van der Waals surface area (Å²) in [5, 5.41) is 5.01. The van der Waals surface area contributed by atoms with Crippen molar-refractivity contribution in [2.75, 3.05) is 5.32 Å². The summed E-state index contributed by atoms with van der Waals surface area (Å²) in [4.78, 5) is 48.1. The molecule has 0 radical (unpaired) electrons. The molecular formula is C20H24N4O5. The minimum atomic E-state index is -0.928. The molecule has 0 aliphatic heterocycles. The van der Waals surface area contributed by atoms with Gasteiger partial charge in [0.15, 0.2) is 0 Å². The average molecular weight is 400 g/mol. The first kappa shape index (κ1) is 21.7. The van der Waals surface area contributed by atoms with Crippen LogP contribution in [0.15, 0.2) is 53.5 Å². The number of hydrogen-bond acceptors (Lipinski definition) is 5. The van der Waals surface area contributed by atoms with Crippen LogP contribution in [-0.4, -0.2) is 28.5 Å². The van der Waals surface area contributed by atoms with Gasteiger partial charge in [-0.1, -0.05) is 44.2 Å². The molecule has 0 spiro atoms. The third-order valence-corrected chi connectivity index (χ3v) is 4.04. The van der Waals surface area contributed by atoms with E-state index >= 15 is 0 Å². The second-order valence-electron chi connectivity index (χ2n) is 6.74. The van der Waals surface area contributed by atoms with E-state index in [1.54, 1.807) is 13.8 Å². The fraction of sp³-hybridized carbons (Fsp3) is 0.300. The molecule has 0 fully saturated rings. The Hall–Kier alpha value is -3.62. The fourth-order valence-electron chi connectivity index (χ4n) is 2.56. The monoisotopic (exact) mass is 400 g/mol. The second kappa shape index (κ2) is 10.1. The maximum atomic E-state index is 12.6. The van der Waals surface area contributed by atoms with Crippen LogP contribution < -0.4 is 21.9 Å². The number of nitrogens with zero attached hydrogens (tertiary/aromatic N) is 1. The summed E-state index contributed by atoms with van der Waals surface area (Å²) in [6, 6.07) is 11.1. The number of alkyl carbamates (subject to hydrolysis) is 1. The molecule has 0 bridgehead atoms. The van der Waals surface area contributed by atoms with Gasteiger partial charge in [-0.15, -0.1) is 0 Å². The summed E-state index contributed by atoms with van der Waals surface area (Å²) in [7, 11) is 0. The normalized spacial score (nSPS) is 11.6. The number of benzene rings is 1. The summed E-state index contributed by atoms with van der Waals surface area (Å²) in [5.41, 5.74) is 5.32. The van der Waals surface area contributed by atoms with Crippen LogP contribution in [0.5, 0.6) is 0 Å². The van der Waals surface area contributed by atoms with Crippen molar-refractivity contribution in [2.24, 2.45) is 11.7 Å². The van der Waals surface area contributed by atoms with Crippen molar-refractivity contribution >= 4 is 23.6 Å². The lowest BCUT2D eigenvalue weighted by atomic mass is 10.0. The number of aromatic nitrogens is 1. The van der Waals surface area contributed by atoms with Crippen LogP contribution in [0.3, 0.4) is 0 Å². The lowest BCUT2D eigenvalue weighted by molar-refractivity contribution is -0.119. The molecule has 0 aliphatic carbocycles. The molecule has 2 aromatic rings. The maximum Gasteiger partial charge on any atom is 0.408 e.